The molecule has 146 valence electrons. The fraction of sp³-hybridized carbons (Fsp3) is 0.474. The van der Waals surface area contributed by atoms with E-state index in [0.29, 0.717) is 30.1 Å². The topological polar surface area (TPSA) is 58.4 Å². The van der Waals surface area contributed by atoms with Crippen LogP contribution in [-0.2, 0) is 17.5 Å². The summed E-state index contributed by atoms with van der Waals surface area (Å²) in [6.07, 6.45) is -2.65. The summed E-state index contributed by atoms with van der Waals surface area (Å²) in [5.41, 5.74) is 0.239. The molecule has 2 heterocycles. The number of alkyl halides is 3. The van der Waals surface area contributed by atoms with Crippen LogP contribution in [0.2, 0.25) is 0 Å². The van der Waals surface area contributed by atoms with Crippen LogP contribution in [0.5, 0.6) is 0 Å². The predicted molar refractivity (Wildman–Crippen MR) is 93.7 cm³/mol. The van der Waals surface area contributed by atoms with Gasteiger partial charge in [0.1, 0.15) is 5.76 Å². The van der Waals surface area contributed by atoms with Gasteiger partial charge in [-0.05, 0) is 44.5 Å². The zero-order valence-electron chi connectivity index (χ0n) is 15.3. The van der Waals surface area contributed by atoms with Crippen molar-refractivity contribution in [3.05, 3.63) is 41.3 Å². The van der Waals surface area contributed by atoms with E-state index in [9.17, 15) is 18.0 Å². The van der Waals surface area contributed by atoms with Crippen LogP contribution < -0.4 is 5.32 Å². The largest absolute Gasteiger partial charge is 0.441 e. The summed E-state index contributed by atoms with van der Waals surface area (Å²) in [7, 11) is 1.63. The summed E-state index contributed by atoms with van der Waals surface area (Å²) in [6.45, 7) is 3.73. The normalized spacial score (nSPS) is 18.5. The van der Waals surface area contributed by atoms with Gasteiger partial charge in [0.15, 0.2) is 0 Å². The average Bonchev–Trinajstić information content (AvgIpc) is 3.01. The monoisotopic (exact) mass is 381 g/mol. The SMILES string of the molecule is CNC(=O)C1CCCN(Cc2nc(-c3cccc(C(F)(F)F)c3)oc2C)C1. The van der Waals surface area contributed by atoms with E-state index in [1.54, 1.807) is 20.0 Å². The molecule has 1 unspecified atom stereocenters. The number of hydrogen-bond acceptors (Lipinski definition) is 4. The van der Waals surface area contributed by atoms with Crippen molar-refractivity contribution in [2.24, 2.45) is 5.92 Å². The summed E-state index contributed by atoms with van der Waals surface area (Å²) in [6, 6.07) is 4.95. The van der Waals surface area contributed by atoms with E-state index in [4.69, 9.17) is 4.42 Å². The molecule has 1 N–H and O–H groups in total. The minimum absolute atomic E-state index is 0.0289. The number of halogens is 3. The fourth-order valence-corrected chi connectivity index (χ4v) is 3.36. The van der Waals surface area contributed by atoms with E-state index in [1.807, 2.05) is 0 Å². The molecular weight excluding hydrogens is 359 g/mol. The first-order valence-electron chi connectivity index (χ1n) is 8.86. The second-order valence-electron chi connectivity index (χ2n) is 6.79. The van der Waals surface area contributed by atoms with Crippen LogP contribution in [0, 0.1) is 12.8 Å². The zero-order valence-corrected chi connectivity index (χ0v) is 15.3. The number of amides is 1. The van der Waals surface area contributed by atoms with Crippen LogP contribution >= 0.6 is 0 Å². The van der Waals surface area contributed by atoms with E-state index in [-0.39, 0.29) is 17.7 Å². The maximum absolute atomic E-state index is 12.9. The van der Waals surface area contributed by atoms with Crippen molar-refractivity contribution in [2.45, 2.75) is 32.5 Å². The van der Waals surface area contributed by atoms with Gasteiger partial charge >= 0.3 is 6.18 Å². The number of carbonyl (C=O) groups is 1. The Balaban J connectivity index is 1.76. The lowest BCUT2D eigenvalue weighted by Crippen LogP contribution is -2.41. The molecule has 0 saturated carbocycles. The second-order valence-corrected chi connectivity index (χ2v) is 6.79. The fourth-order valence-electron chi connectivity index (χ4n) is 3.36. The van der Waals surface area contributed by atoms with Crippen molar-refractivity contribution in [1.82, 2.24) is 15.2 Å². The maximum atomic E-state index is 12.9. The molecular formula is C19H22F3N3O2. The smallest absolute Gasteiger partial charge is 0.416 e. The summed E-state index contributed by atoms with van der Waals surface area (Å²) in [4.78, 5) is 18.4. The molecule has 0 radical (unpaired) electrons. The Hall–Kier alpha value is -2.35. The van der Waals surface area contributed by atoms with Crippen LogP contribution in [0.15, 0.2) is 28.7 Å². The number of hydrogen-bond donors (Lipinski definition) is 1. The van der Waals surface area contributed by atoms with Gasteiger partial charge in [-0.2, -0.15) is 13.2 Å². The first-order chi connectivity index (χ1) is 12.8. The van der Waals surface area contributed by atoms with Gasteiger partial charge < -0.3 is 9.73 Å². The van der Waals surface area contributed by atoms with Crippen molar-refractivity contribution in [1.29, 1.82) is 0 Å². The Morgan fingerprint density at radius 3 is 2.89 bits per heavy atom. The van der Waals surface area contributed by atoms with Gasteiger partial charge in [-0.3, -0.25) is 9.69 Å². The van der Waals surface area contributed by atoms with Gasteiger partial charge in [-0.25, -0.2) is 4.98 Å². The van der Waals surface area contributed by atoms with E-state index in [1.165, 1.54) is 6.07 Å². The molecule has 1 aromatic heterocycles. The van der Waals surface area contributed by atoms with Crippen molar-refractivity contribution < 1.29 is 22.4 Å². The Morgan fingerprint density at radius 2 is 2.19 bits per heavy atom. The molecule has 0 aliphatic carbocycles. The van der Waals surface area contributed by atoms with Crippen LogP contribution in [0.4, 0.5) is 13.2 Å². The Bertz CT molecular complexity index is 817. The van der Waals surface area contributed by atoms with Gasteiger partial charge in [0, 0.05) is 25.7 Å². The highest BCUT2D eigenvalue weighted by molar-refractivity contribution is 5.78. The highest BCUT2D eigenvalue weighted by Crippen LogP contribution is 2.32. The molecule has 0 bridgehead atoms. The number of nitrogens with one attached hydrogen (secondary N) is 1. The zero-order chi connectivity index (χ0) is 19.6. The van der Waals surface area contributed by atoms with Gasteiger partial charge in [0.25, 0.3) is 0 Å². The lowest BCUT2D eigenvalue weighted by atomic mass is 9.97. The molecule has 1 amide bonds. The number of benzene rings is 1. The molecule has 1 saturated heterocycles. The number of rotatable bonds is 4. The van der Waals surface area contributed by atoms with Crippen LogP contribution in [0.1, 0.15) is 29.9 Å². The molecule has 8 heteroatoms. The van der Waals surface area contributed by atoms with Crippen molar-refractivity contribution >= 4 is 5.91 Å². The van der Waals surface area contributed by atoms with Gasteiger partial charge in [0.05, 0.1) is 17.2 Å². The number of nitrogens with zero attached hydrogens (tertiary/aromatic N) is 2. The maximum Gasteiger partial charge on any atom is 0.416 e. The minimum Gasteiger partial charge on any atom is -0.441 e. The van der Waals surface area contributed by atoms with Crippen molar-refractivity contribution in [3.63, 3.8) is 0 Å². The number of aryl methyl sites for hydroxylation is 1. The van der Waals surface area contributed by atoms with Crippen LogP contribution in [0.3, 0.4) is 0 Å². The van der Waals surface area contributed by atoms with Gasteiger partial charge in [-0.15, -0.1) is 0 Å². The molecule has 0 spiro atoms. The van der Waals surface area contributed by atoms with E-state index in [2.05, 4.69) is 15.2 Å². The van der Waals surface area contributed by atoms with E-state index < -0.39 is 11.7 Å². The molecule has 3 rings (SSSR count). The molecule has 2 aromatic rings. The molecule has 1 aliphatic heterocycles. The summed E-state index contributed by atoms with van der Waals surface area (Å²) < 4.78 is 44.4. The molecule has 27 heavy (non-hydrogen) atoms. The number of oxazole rings is 1. The summed E-state index contributed by atoms with van der Waals surface area (Å²) >= 11 is 0. The molecule has 1 aromatic carbocycles. The van der Waals surface area contributed by atoms with Crippen molar-refractivity contribution in [3.8, 4) is 11.5 Å². The standard InChI is InChI=1S/C19H22F3N3O2/c1-12-16(11-25-8-4-6-14(10-25)17(26)23-2)24-18(27-12)13-5-3-7-15(9-13)19(20,21)22/h3,5,7,9,14H,4,6,8,10-11H2,1-2H3,(H,23,26). The third-order valence-corrected chi connectivity index (χ3v) is 4.83. The summed E-state index contributed by atoms with van der Waals surface area (Å²) in [5, 5.41) is 2.68. The first kappa shape index (κ1) is 19.4. The lowest BCUT2D eigenvalue weighted by Gasteiger charge is -2.31. The third kappa shape index (κ3) is 4.50. The van der Waals surface area contributed by atoms with Gasteiger partial charge in [-0.1, -0.05) is 6.07 Å². The first-order valence-corrected chi connectivity index (χ1v) is 8.86. The molecule has 5 nitrogen and oxygen atoms in total. The van der Waals surface area contributed by atoms with E-state index in [0.717, 1.165) is 31.5 Å². The number of carbonyl (C=O) groups excluding carboxylic acids is 1. The molecule has 1 fully saturated rings. The Morgan fingerprint density at radius 1 is 1.41 bits per heavy atom. The predicted octanol–water partition coefficient (Wildman–Crippen LogP) is 3.63. The second kappa shape index (κ2) is 7.72. The van der Waals surface area contributed by atoms with Crippen LogP contribution in [0.25, 0.3) is 11.5 Å². The lowest BCUT2D eigenvalue weighted by molar-refractivity contribution is -0.137. The molecule has 1 aliphatic rings. The van der Waals surface area contributed by atoms with Gasteiger partial charge in [0.2, 0.25) is 11.8 Å². The third-order valence-electron chi connectivity index (χ3n) is 4.83. The number of likely N-dealkylation sites (tertiary alicyclic amines) is 1. The molecule has 1 atom stereocenters. The quantitative estimate of drug-likeness (QED) is 0.879. The Kier molecular flexibility index (Phi) is 5.55. The van der Waals surface area contributed by atoms with Crippen molar-refractivity contribution in [2.75, 3.05) is 20.1 Å². The van der Waals surface area contributed by atoms with E-state index >= 15 is 0 Å². The number of piperidine rings is 1. The average molecular weight is 381 g/mol. The number of aromatic nitrogens is 1. The minimum atomic E-state index is -4.41. The summed E-state index contributed by atoms with van der Waals surface area (Å²) in [5.74, 6) is 0.720. The highest BCUT2D eigenvalue weighted by Gasteiger charge is 2.31. The highest BCUT2D eigenvalue weighted by atomic mass is 19.4. The van der Waals surface area contributed by atoms with Crippen LogP contribution in [-0.4, -0.2) is 35.9 Å². The Labute approximate surface area is 155 Å².